The van der Waals surface area contributed by atoms with Crippen molar-refractivity contribution in [3.05, 3.63) is 36.0 Å². The van der Waals surface area contributed by atoms with E-state index < -0.39 is 0 Å². The van der Waals surface area contributed by atoms with E-state index in [2.05, 4.69) is 4.98 Å². The lowest BCUT2D eigenvalue weighted by Gasteiger charge is -2.24. The molecule has 0 radical (unpaired) electrons. The highest BCUT2D eigenvalue weighted by Crippen LogP contribution is 2.24. The summed E-state index contributed by atoms with van der Waals surface area (Å²) in [6.45, 7) is 4.73. The Hall–Kier alpha value is -1.65. The van der Waals surface area contributed by atoms with Gasteiger partial charge in [-0.3, -0.25) is 4.98 Å². The molecule has 4 nitrogen and oxygen atoms in total. The van der Waals surface area contributed by atoms with Crippen molar-refractivity contribution in [1.29, 1.82) is 0 Å². The number of aromatic nitrogens is 1. The van der Waals surface area contributed by atoms with Gasteiger partial charge in [0.2, 0.25) is 0 Å². The predicted molar refractivity (Wildman–Crippen MR) is 68.6 cm³/mol. The largest absolute Gasteiger partial charge is 0.506 e. The van der Waals surface area contributed by atoms with E-state index in [0.29, 0.717) is 5.52 Å². The van der Waals surface area contributed by atoms with Crippen LogP contribution in [0, 0.1) is 0 Å². The van der Waals surface area contributed by atoms with Crippen molar-refractivity contribution >= 4 is 10.9 Å². The number of hydrogen-bond acceptors (Lipinski definition) is 3. The Morgan fingerprint density at radius 2 is 2.06 bits per heavy atom. The van der Waals surface area contributed by atoms with E-state index in [-0.39, 0.29) is 5.75 Å². The second-order valence-electron chi connectivity index (χ2n) is 4.68. The summed E-state index contributed by atoms with van der Waals surface area (Å²) in [7, 11) is 0. The van der Waals surface area contributed by atoms with E-state index in [1.807, 2.05) is 18.2 Å². The average Bonchev–Trinajstić information content (AvgIpc) is 2.44. The van der Waals surface area contributed by atoms with Crippen molar-refractivity contribution < 1.29 is 14.7 Å². The molecule has 0 amide bonds. The van der Waals surface area contributed by atoms with Crippen molar-refractivity contribution in [3.8, 4) is 5.75 Å². The Balaban J connectivity index is 1.94. The monoisotopic (exact) mass is 245 g/mol. The van der Waals surface area contributed by atoms with Gasteiger partial charge in [0.15, 0.2) is 0 Å². The molecule has 0 saturated carbocycles. The van der Waals surface area contributed by atoms with E-state index in [9.17, 15) is 5.11 Å². The van der Waals surface area contributed by atoms with Crippen LogP contribution in [0.5, 0.6) is 5.75 Å². The first-order valence-electron chi connectivity index (χ1n) is 6.31. The highest BCUT2D eigenvalue weighted by atomic mass is 16.5. The van der Waals surface area contributed by atoms with Gasteiger partial charge in [-0.25, -0.2) is 0 Å². The molecule has 2 heterocycles. The summed E-state index contributed by atoms with van der Waals surface area (Å²) in [6.07, 6.45) is 1.72. The molecule has 3 rings (SSSR count). The number of rotatable bonds is 2. The fourth-order valence-corrected chi connectivity index (χ4v) is 2.48. The molecule has 94 valence electrons. The number of benzene rings is 1. The summed E-state index contributed by atoms with van der Waals surface area (Å²) in [4.78, 5) is 5.78. The van der Waals surface area contributed by atoms with Gasteiger partial charge in [-0.1, -0.05) is 6.07 Å². The minimum absolute atomic E-state index is 0.256. The van der Waals surface area contributed by atoms with Gasteiger partial charge in [-0.2, -0.15) is 0 Å². The van der Waals surface area contributed by atoms with Crippen molar-refractivity contribution in [1.82, 2.24) is 4.98 Å². The van der Waals surface area contributed by atoms with Gasteiger partial charge in [0.1, 0.15) is 30.9 Å². The molecule has 0 spiro atoms. The SMILES string of the molecule is Oc1ccc(C[NH+]2CCOCC2)c2cccnc12. The number of fused-ring (bicyclic) bond motifs is 1. The lowest BCUT2D eigenvalue weighted by Crippen LogP contribution is -3.12. The number of nitrogens with zero attached hydrogens (tertiary/aromatic N) is 1. The van der Waals surface area contributed by atoms with Crippen LogP contribution in [-0.4, -0.2) is 36.4 Å². The normalized spacial score (nSPS) is 17.1. The third-order valence-electron chi connectivity index (χ3n) is 3.48. The lowest BCUT2D eigenvalue weighted by molar-refractivity contribution is -0.921. The molecule has 0 unspecified atom stereocenters. The Kier molecular flexibility index (Phi) is 3.13. The molecular weight excluding hydrogens is 228 g/mol. The molecule has 1 saturated heterocycles. The number of hydrogen-bond donors (Lipinski definition) is 2. The van der Waals surface area contributed by atoms with Crippen molar-refractivity contribution in [2.24, 2.45) is 0 Å². The summed E-state index contributed by atoms with van der Waals surface area (Å²) in [6, 6.07) is 7.68. The predicted octanol–water partition coefficient (Wildman–Crippen LogP) is 0.355. The summed E-state index contributed by atoms with van der Waals surface area (Å²) in [5.41, 5.74) is 1.94. The smallest absolute Gasteiger partial charge is 0.141 e. The summed E-state index contributed by atoms with van der Waals surface area (Å²) in [5, 5.41) is 10.9. The maximum absolute atomic E-state index is 9.81. The molecule has 2 aromatic rings. The maximum Gasteiger partial charge on any atom is 0.141 e. The molecule has 0 bridgehead atoms. The first kappa shape index (κ1) is 11.4. The Bertz CT molecular complexity index is 550. The molecule has 18 heavy (non-hydrogen) atoms. The van der Waals surface area contributed by atoms with Crippen LogP contribution in [0.25, 0.3) is 10.9 Å². The van der Waals surface area contributed by atoms with Gasteiger partial charge in [0.25, 0.3) is 0 Å². The van der Waals surface area contributed by atoms with Crippen molar-refractivity contribution in [2.75, 3.05) is 26.3 Å². The number of ether oxygens (including phenoxy) is 1. The second kappa shape index (κ2) is 4.92. The molecular formula is C14H17N2O2+. The van der Waals surface area contributed by atoms with Gasteiger partial charge in [-0.15, -0.1) is 0 Å². The molecule has 1 fully saturated rings. The highest BCUT2D eigenvalue weighted by molar-refractivity contribution is 5.86. The minimum Gasteiger partial charge on any atom is -0.506 e. The third kappa shape index (κ3) is 2.17. The quantitative estimate of drug-likeness (QED) is 0.803. The Labute approximate surface area is 106 Å². The first-order chi connectivity index (χ1) is 8.84. The van der Waals surface area contributed by atoms with Crippen LogP contribution in [0.15, 0.2) is 30.5 Å². The van der Waals surface area contributed by atoms with E-state index in [4.69, 9.17) is 4.74 Å². The maximum atomic E-state index is 9.81. The van der Waals surface area contributed by atoms with Crippen molar-refractivity contribution in [3.63, 3.8) is 0 Å². The van der Waals surface area contributed by atoms with Gasteiger partial charge in [-0.05, 0) is 18.2 Å². The Morgan fingerprint density at radius 1 is 1.22 bits per heavy atom. The summed E-state index contributed by atoms with van der Waals surface area (Å²) < 4.78 is 5.37. The lowest BCUT2D eigenvalue weighted by atomic mass is 10.1. The van der Waals surface area contributed by atoms with Crippen LogP contribution in [-0.2, 0) is 11.3 Å². The molecule has 1 aliphatic heterocycles. The first-order valence-corrected chi connectivity index (χ1v) is 6.31. The van der Waals surface area contributed by atoms with E-state index in [1.54, 1.807) is 12.3 Å². The molecule has 1 aromatic carbocycles. The molecule has 0 atom stereocenters. The number of nitrogens with one attached hydrogen (secondary N) is 1. The highest BCUT2D eigenvalue weighted by Gasteiger charge is 2.16. The zero-order valence-electron chi connectivity index (χ0n) is 10.2. The molecule has 1 aliphatic rings. The standard InChI is InChI=1S/C14H16N2O2/c17-13-4-3-11(10-16-6-8-18-9-7-16)12-2-1-5-15-14(12)13/h1-5,17H,6-10H2/p+1. The fourth-order valence-electron chi connectivity index (χ4n) is 2.48. The number of quaternary nitrogens is 1. The van der Waals surface area contributed by atoms with Gasteiger partial charge in [0.05, 0.1) is 13.2 Å². The van der Waals surface area contributed by atoms with Crippen LogP contribution >= 0.6 is 0 Å². The van der Waals surface area contributed by atoms with Gasteiger partial charge in [0, 0.05) is 17.1 Å². The van der Waals surface area contributed by atoms with Crippen LogP contribution in [0.4, 0.5) is 0 Å². The third-order valence-corrected chi connectivity index (χ3v) is 3.48. The van der Waals surface area contributed by atoms with Gasteiger partial charge < -0.3 is 14.7 Å². The van der Waals surface area contributed by atoms with Gasteiger partial charge >= 0.3 is 0 Å². The fraction of sp³-hybridized carbons (Fsp3) is 0.357. The number of phenolic OH excluding ortho intramolecular Hbond substituents is 1. The number of phenols is 1. The van der Waals surface area contributed by atoms with E-state index in [0.717, 1.165) is 38.2 Å². The van der Waals surface area contributed by atoms with Crippen LogP contribution in [0.3, 0.4) is 0 Å². The minimum atomic E-state index is 0.256. The summed E-state index contributed by atoms with van der Waals surface area (Å²) >= 11 is 0. The van der Waals surface area contributed by atoms with Crippen LogP contribution in [0.1, 0.15) is 5.56 Å². The molecule has 0 aliphatic carbocycles. The summed E-state index contributed by atoms with van der Waals surface area (Å²) in [5.74, 6) is 0.256. The molecule has 1 aromatic heterocycles. The zero-order valence-corrected chi connectivity index (χ0v) is 10.2. The average molecular weight is 245 g/mol. The van der Waals surface area contributed by atoms with Crippen molar-refractivity contribution in [2.45, 2.75) is 6.54 Å². The number of pyridine rings is 1. The Morgan fingerprint density at radius 3 is 2.89 bits per heavy atom. The number of aromatic hydroxyl groups is 1. The molecule has 4 heteroatoms. The van der Waals surface area contributed by atoms with E-state index >= 15 is 0 Å². The second-order valence-corrected chi connectivity index (χ2v) is 4.68. The van der Waals surface area contributed by atoms with Crippen LogP contribution < -0.4 is 4.90 Å². The molecule has 2 N–H and O–H groups in total. The zero-order chi connectivity index (χ0) is 12.4. The van der Waals surface area contributed by atoms with E-state index in [1.165, 1.54) is 10.5 Å². The van der Waals surface area contributed by atoms with Crippen LogP contribution in [0.2, 0.25) is 0 Å². The number of morpholine rings is 1. The topological polar surface area (TPSA) is 46.8 Å².